The molecule has 1 N–H and O–H groups in total. The predicted octanol–water partition coefficient (Wildman–Crippen LogP) is 4.73. The summed E-state index contributed by atoms with van der Waals surface area (Å²) in [6, 6.07) is 6.79. The van der Waals surface area contributed by atoms with Gasteiger partial charge in [0.2, 0.25) is 0 Å². The van der Waals surface area contributed by atoms with E-state index in [0.717, 1.165) is 5.82 Å². The van der Waals surface area contributed by atoms with Crippen LogP contribution in [0.3, 0.4) is 0 Å². The van der Waals surface area contributed by atoms with E-state index in [9.17, 15) is 4.39 Å². The number of halogens is 2. The van der Waals surface area contributed by atoms with E-state index in [1.807, 2.05) is 26.8 Å². The monoisotopic (exact) mass is 337 g/mol. The van der Waals surface area contributed by atoms with Gasteiger partial charge in [-0.3, -0.25) is 0 Å². The standard InChI is InChI=1S/C15H17BrFN3/c1-9-5-6-10(7-11(9)17)18-13-8-12(16)19-14(20-13)15(2,3)4/h5-8H,1-4H3,(H,18,19,20). The molecule has 0 bridgehead atoms. The van der Waals surface area contributed by atoms with Crippen LogP contribution in [0.4, 0.5) is 15.9 Å². The van der Waals surface area contributed by atoms with Crippen LogP contribution in [0, 0.1) is 12.7 Å². The highest BCUT2D eigenvalue weighted by molar-refractivity contribution is 9.10. The molecule has 0 aliphatic heterocycles. The van der Waals surface area contributed by atoms with Gasteiger partial charge in [-0.2, -0.15) is 0 Å². The molecule has 3 nitrogen and oxygen atoms in total. The maximum absolute atomic E-state index is 13.5. The number of nitrogens with zero attached hydrogens (tertiary/aromatic N) is 2. The van der Waals surface area contributed by atoms with E-state index in [-0.39, 0.29) is 11.2 Å². The molecule has 2 aromatic rings. The molecule has 0 spiro atoms. The van der Waals surface area contributed by atoms with Crippen LogP contribution in [0.1, 0.15) is 32.2 Å². The van der Waals surface area contributed by atoms with E-state index in [4.69, 9.17) is 0 Å². The molecule has 0 aliphatic carbocycles. The van der Waals surface area contributed by atoms with E-state index in [1.165, 1.54) is 6.07 Å². The summed E-state index contributed by atoms with van der Waals surface area (Å²) in [6.07, 6.45) is 0. The zero-order valence-electron chi connectivity index (χ0n) is 12.0. The van der Waals surface area contributed by atoms with Crippen molar-refractivity contribution in [2.45, 2.75) is 33.1 Å². The fourth-order valence-electron chi connectivity index (χ4n) is 1.64. The molecule has 1 aromatic heterocycles. The van der Waals surface area contributed by atoms with E-state index in [2.05, 4.69) is 31.2 Å². The average Bonchev–Trinajstić information content (AvgIpc) is 2.32. The van der Waals surface area contributed by atoms with Crippen LogP contribution in [-0.4, -0.2) is 9.97 Å². The molecule has 2 rings (SSSR count). The second kappa shape index (κ2) is 5.48. The lowest BCUT2D eigenvalue weighted by Gasteiger charge is -2.18. The van der Waals surface area contributed by atoms with Crippen molar-refractivity contribution >= 4 is 27.4 Å². The molecule has 0 aliphatic rings. The highest BCUT2D eigenvalue weighted by atomic mass is 79.9. The van der Waals surface area contributed by atoms with Crippen molar-refractivity contribution in [3.05, 3.63) is 46.1 Å². The topological polar surface area (TPSA) is 37.8 Å². The zero-order valence-corrected chi connectivity index (χ0v) is 13.5. The van der Waals surface area contributed by atoms with Crippen molar-refractivity contribution in [3.8, 4) is 0 Å². The number of hydrogen-bond acceptors (Lipinski definition) is 3. The summed E-state index contributed by atoms with van der Waals surface area (Å²) in [7, 11) is 0. The second-order valence-electron chi connectivity index (χ2n) is 5.74. The largest absolute Gasteiger partial charge is 0.340 e. The SMILES string of the molecule is Cc1ccc(Nc2cc(Br)nc(C(C)(C)C)n2)cc1F. The number of rotatable bonds is 2. The summed E-state index contributed by atoms with van der Waals surface area (Å²) in [4.78, 5) is 8.85. The van der Waals surface area contributed by atoms with Gasteiger partial charge in [-0.15, -0.1) is 0 Å². The molecule has 0 amide bonds. The van der Waals surface area contributed by atoms with Crippen LogP contribution < -0.4 is 5.32 Å². The van der Waals surface area contributed by atoms with Gasteiger partial charge in [-0.05, 0) is 40.5 Å². The zero-order chi connectivity index (χ0) is 14.9. The molecular weight excluding hydrogens is 321 g/mol. The molecule has 0 saturated carbocycles. The average molecular weight is 338 g/mol. The number of aromatic nitrogens is 2. The van der Waals surface area contributed by atoms with Crippen LogP contribution in [0.5, 0.6) is 0 Å². The van der Waals surface area contributed by atoms with Gasteiger partial charge in [0.25, 0.3) is 0 Å². The third kappa shape index (κ3) is 3.54. The van der Waals surface area contributed by atoms with Crippen molar-refractivity contribution in [3.63, 3.8) is 0 Å². The highest BCUT2D eigenvalue weighted by Crippen LogP contribution is 2.24. The van der Waals surface area contributed by atoms with E-state index >= 15 is 0 Å². The molecule has 20 heavy (non-hydrogen) atoms. The van der Waals surface area contributed by atoms with Crippen LogP contribution in [0.25, 0.3) is 0 Å². The van der Waals surface area contributed by atoms with E-state index < -0.39 is 0 Å². The number of anilines is 2. The Bertz CT molecular complexity index is 636. The molecule has 0 saturated heterocycles. The van der Waals surface area contributed by atoms with Gasteiger partial charge in [-0.25, -0.2) is 14.4 Å². The van der Waals surface area contributed by atoms with Crippen molar-refractivity contribution < 1.29 is 4.39 Å². The minimum atomic E-state index is -0.237. The van der Waals surface area contributed by atoms with Crippen LogP contribution in [0.15, 0.2) is 28.9 Å². The Morgan fingerprint density at radius 3 is 2.45 bits per heavy atom. The first-order valence-electron chi connectivity index (χ1n) is 6.34. The summed E-state index contributed by atoms with van der Waals surface area (Å²) in [5, 5.41) is 3.10. The van der Waals surface area contributed by atoms with E-state index in [1.54, 1.807) is 19.1 Å². The van der Waals surface area contributed by atoms with Crippen LogP contribution in [-0.2, 0) is 5.41 Å². The molecule has 106 valence electrons. The first kappa shape index (κ1) is 14.9. The maximum atomic E-state index is 13.5. The molecular formula is C15H17BrFN3. The summed E-state index contributed by atoms with van der Waals surface area (Å²) in [5.41, 5.74) is 1.13. The lowest BCUT2D eigenvalue weighted by Crippen LogP contribution is -2.16. The van der Waals surface area contributed by atoms with Gasteiger partial charge in [-0.1, -0.05) is 26.8 Å². The summed E-state index contributed by atoms with van der Waals surface area (Å²) in [5.74, 6) is 1.13. The molecule has 1 aromatic carbocycles. The van der Waals surface area contributed by atoms with Gasteiger partial charge in [0.05, 0.1) is 0 Å². The fraction of sp³-hybridized carbons (Fsp3) is 0.333. The van der Waals surface area contributed by atoms with Gasteiger partial charge in [0.1, 0.15) is 22.1 Å². The fourth-order valence-corrected chi connectivity index (χ4v) is 2.02. The molecule has 0 unspecified atom stereocenters. The van der Waals surface area contributed by atoms with Crippen LogP contribution >= 0.6 is 15.9 Å². The third-order valence-corrected chi connectivity index (χ3v) is 3.22. The van der Waals surface area contributed by atoms with E-state index in [0.29, 0.717) is 21.7 Å². The Morgan fingerprint density at radius 1 is 1.15 bits per heavy atom. The Morgan fingerprint density at radius 2 is 1.85 bits per heavy atom. The normalized spacial score (nSPS) is 11.5. The lowest BCUT2D eigenvalue weighted by atomic mass is 9.96. The molecule has 5 heteroatoms. The molecule has 0 atom stereocenters. The molecule has 0 fully saturated rings. The number of benzene rings is 1. The first-order valence-corrected chi connectivity index (χ1v) is 7.13. The smallest absolute Gasteiger partial charge is 0.137 e. The van der Waals surface area contributed by atoms with Crippen LogP contribution in [0.2, 0.25) is 0 Å². The molecule has 1 heterocycles. The lowest BCUT2D eigenvalue weighted by molar-refractivity contribution is 0.544. The van der Waals surface area contributed by atoms with Crippen molar-refractivity contribution in [2.75, 3.05) is 5.32 Å². The predicted molar refractivity (Wildman–Crippen MR) is 82.9 cm³/mol. The number of aryl methyl sites for hydroxylation is 1. The Balaban J connectivity index is 2.33. The van der Waals surface area contributed by atoms with Crippen molar-refractivity contribution in [1.82, 2.24) is 9.97 Å². The third-order valence-electron chi connectivity index (χ3n) is 2.81. The van der Waals surface area contributed by atoms with Gasteiger partial charge in [0.15, 0.2) is 0 Å². The number of hydrogen-bond donors (Lipinski definition) is 1. The van der Waals surface area contributed by atoms with Gasteiger partial charge < -0.3 is 5.32 Å². The minimum absolute atomic E-state index is 0.154. The minimum Gasteiger partial charge on any atom is -0.340 e. The highest BCUT2D eigenvalue weighted by Gasteiger charge is 2.18. The maximum Gasteiger partial charge on any atom is 0.137 e. The Labute approximate surface area is 126 Å². The first-order chi connectivity index (χ1) is 9.25. The van der Waals surface area contributed by atoms with Gasteiger partial charge >= 0.3 is 0 Å². The summed E-state index contributed by atoms with van der Waals surface area (Å²) >= 11 is 3.38. The quantitative estimate of drug-likeness (QED) is 0.805. The van der Waals surface area contributed by atoms with Gasteiger partial charge in [0, 0.05) is 17.2 Å². The summed E-state index contributed by atoms with van der Waals surface area (Å²) in [6.45, 7) is 7.87. The molecule has 0 radical (unpaired) electrons. The second-order valence-corrected chi connectivity index (χ2v) is 6.55. The Hall–Kier alpha value is -1.49. The number of nitrogens with one attached hydrogen (secondary N) is 1. The summed E-state index contributed by atoms with van der Waals surface area (Å²) < 4.78 is 14.2. The Kier molecular flexibility index (Phi) is 4.09. The van der Waals surface area contributed by atoms with Crippen molar-refractivity contribution in [1.29, 1.82) is 0 Å². The van der Waals surface area contributed by atoms with Crippen molar-refractivity contribution in [2.24, 2.45) is 0 Å².